The van der Waals surface area contributed by atoms with E-state index in [1.54, 1.807) is 30.7 Å². The second-order valence-electron chi connectivity index (χ2n) is 4.97. The normalized spacial score (nSPS) is 10.5. The summed E-state index contributed by atoms with van der Waals surface area (Å²) in [6.45, 7) is 0.616. The maximum Gasteiger partial charge on any atom is 0.257 e. The van der Waals surface area contributed by atoms with E-state index < -0.39 is 0 Å². The van der Waals surface area contributed by atoms with Crippen LogP contribution in [0.3, 0.4) is 0 Å². The summed E-state index contributed by atoms with van der Waals surface area (Å²) in [5.41, 5.74) is 2.09. The second-order valence-corrected chi connectivity index (χ2v) is 5.81. The number of aromatic nitrogens is 2. The third-order valence-corrected chi connectivity index (χ3v) is 3.90. The molecule has 3 rings (SSSR count). The molecule has 4 nitrogen and oxygen atoms in total. The number of hydrogen-bond donors (Lipinski definition) is 1. The number of amides is 1. The van der Waals surface area contributed by atoms with E-state index in [1.165, 1.54) is 0 Å². The van der Waals surface area contributed by atoms with Gasteiger partial charge in [0.15, 0.2) is 0 Å². The molecular formula is C17H13Cl2N3O. The standard InChI is InChI=1S/C17H13Cl2N3O/c18-13-5-6-14(15(19)9-13)17(23)21-16-4-2-1-3-12(16)10-22-8-7-20-11-22/h1-9,11H,10H2,(H,21,23). The van der Waals surface area contributed by atoms with Crippen LogP contribution in [0.25, 0.3) is 0 Å². The van der Waals surface area contributed by atoms with E-state index in [0.717, 1.165) is 11.3 Å². The number of para-hydroxylation sites is 1. The predicted molar refractivity (Wildman–Crippen MR) is 92.2 cm³/mol. The molecule has 0 unspecified atom stereocenters. The van der Waals surface area contributed by atoms with Crippen LogP contribution in [0.5, 0.6) is 0 Å². The van der Waals surface area contributed by atoms with E-state index in [4.69, 9.17) is 23.2 Å². The lowest BCUT2D eigenvalue weighted by Crippen LogP contribution is -2.14. The van der Waals surface area contributed by atoms with E-state index in [-0.39, 0.29) is 5.91 Å². The Hall–Kier alpha value is -2.30. The molecule has 0 aliphatic heterocycles. The molecule has 0 aliphatic rings. The molecule has 0 aliphatic carbocycles. The van der Waals surface area contributed by atoms with Gasteiger partial charge in [0, 0.05) is 23.1 Å². The van der Waals surface area contributed by atoms with Gasteiger partial charge in [0.25, 0.3) is 5.91 Å². The van der Waals surface area contributed by atoms with E-state index in [0.29, 0.717) is 22.2 Å². The van der Waals surface area contributed by atoms with Crippen molar-refractivity contribution in [3.63, 3.8) is 0 Å². The van der Waals surface area contributed by atoms with Crippen LogP contribution < -0.4 is 5.32 Å². The zero-order valence-corrected chi connectivity index (χ0v) is 13.6. The molecule has 0 saturated carbocycles. The molecule has 1 aromatic heterocycles. The molecule has 0 radical (unpaired) electrons. The number of halogens is 2. The fourth-order valence-electron chi connectivity index (χ4n) is 2.22. The van der Waals surface area contributed by atoms with Crippen LogP contribution in [-0.4, -0.2) is 15.5 Å². The number of nitrogens with zero attached hydrogens (tertiary/aromatic N) is 2. The molecule has 1 N–H and O–H groups in total. The third-order valence-electron chi connectivity index (χ3n) is 3.35. The number of nitrogens with one attached hydrogen (secondary N) is 1. The molecule has 23 heavy (non-hydrogen) atoms. The Labute approximate surface area is 143 Å². The lowest BCUT2D eigenvalue weighted by Gasteiger charge is -2.12. The molecule has 0 bridgehead atoms. The fourth-order valence-corrected chi connectivity index (χ4v) is 2.71. The zero-order valence-electron chi connectivity index (χ0n) is 12.0. The lowest BCUT2D eigenvalue weighted by atomic mass is 10.1. The SMILES string of the molecule is O=C(Nc1ccccc1Cn1ccnc1)c1ccc(Cl)cc1Cl. The number of benzene rings is 2. The van der Waals surface area contributed by atoms with Crippen LogP contribution >= 0.6 is 23.2 Å². The van der Waals surface area contributed by atoms with Crippen molar-refractivity contribution in [3.05, 3.63) is 82.4 Å². The van der Waals surface area contributed by atoms with Gasteiger partial charge in [-0.2, -0.15) is 0 Å². The third kappa shape index (κ3) is 3.73. The molecule has 2 aromatic carbocycles. The van der Waals surface area contributed by atoms with Gasteiger partial charge in [0.2, 0.25) is 0 Å². The van der Waals surface area contributed by atoms with Crippen molar-refractivity contribution in [2.24, 2.45) is 0 Å². The summed E-state index contributed by atoms with van der Waals surface area (Å²) < 4.78 is 1.93. The molecule has 6 heteroatoms. The van der Waals surface area contributed by atoms with E-state index in [2.05, 4.69) is 10.3 Å². The summed E-state index contributed by atoms with van der Waals surface area (Å²) in [4.78, 5) is 16.5. The van der Waals surface area contributed by atoms with Gasteiger partial charge in [-0.25, -0.2) is 4.98 Å². The van der Waals surface area contributed by atoms with Crippen LogP contribution in [0.15, 0.2) is 61.2 Å². The molecule has 0 fully saturated rings. The first-order chi connectivity index (χ1) is 11.1. The highest BCUT2D eigenvalue weighted by molar-refractivity contribution is 6.37. The first-order valence-corrected chi connectivity index (χ1v) is 7.69. The summed E-state index contributed by atoms with van der Waals surface area (Å²) >= 11 is 11.9. The number of imidazole rings is 1. The molecule has 0 spiro atoms. The minimum atomic E-state index is -0.273. The Balaban J connectivity index is 1.83. The molecule has 0 saturated heterocycles. The number of carbonyl (C=O) groups is 1. The van der Waals surface area contributed by atoms with E-state index >= 15 is 0 Å². The van der Waals surface area contributed by atoms with Crippen molar-refractivity contribution < 1.29 is 4.79 Å². The van der Waals surface area contributed by atoms with E-state index in [9.17, 15) is 4.79 Å². The molecular weight excluding hydrogens is 333 g/mol. The van der Waals surface area contributed by atoms with Crippen molar-refractivity contribution >= 4 is 34.8 Å². The van der Waals surface area contributed by atoms with Gasteiger partial charge in [0.05, 0.1) is 23.5 Å². The Bertz CT molecular complexity index is 832. The predicted octanol–water partition coefficient (Wildman–Crippen LogP) is 4.49. The van der Waals surface area contributed by atoms with Crippen molar-refractivity contribution in [1.82, 2.24) is 9.55 Å². The summed E-state index contributed by atoms with van der Waals surface area (Å²) in [7, 11) is 0. The summed E-state index contributed by atoms with van der Waals surface area (Å²) in [6.07, 6.45) is 5.32. The van der Waals surface area contributed by atoms with Crippen LogP contribution in [0.1, 0.15) is 15.9 Å². The molecule has 0 atom stereocenters. The number of hydrogen-bond acceptors (Lipinski definition) is 2. The largest absolute Gasteiger partial charge is 0.333 e. The molecule has 1 amide bonds. The van der Waals surface area contributed by atoms with Gasteiger partial charge in [-0.15, -0.1) is 0 Å². The Morgan fingerprint density at radius 2 is 2.00 bits per heavy atom. The van der Waals surface area contributed by atoms with E-state index in [1.807, 2.05) is 35.0 Å². The summed E-state index contributed by atoms with van der Waals surface area (Å²) in [5, 5.41) is 3.71. The van der Waals surface area contributed by atoms with Crippen molar-refractivity contribution in [2.75, 3.05) is 5.32 Å². The van der Waals surface area contributed by atoms with Gasteiger partial charge in [-0.3, -0.25) is 4.79 Å². The quantitative estimate of drug-likeness (QED) is 0.757. The molecule has 3 aromatic rings. The first kappa shape index (κ1) is 15.6. The number of anilines is 1. The zero-order chi connectivity index (χ0) is 16.2. The average Bonchev–Trinajstić information content (AvgIpc) is 3.02. The van der Waals surface area contributed by atoms with Crippen LogP contribution in [0, 0.1) is 0 Å². The van der Waals surface area contributed by atoms with Crippen molar-refractivity contribution in [3.8, 4) is 0 Å². The lowest BCUT2D eigenvalue weighted by molar-refractivity contribution is 0.102. The van der Waals surface area contributed by atoms with Gasteiger partial charge in [-0.05, 0) is 29.8 Å². The number of carbonyl (C=O) groups excluding carboxylic acids is 1. The summed E-state index contributed by atoms with van der Waals surface area (Å²) in [5.74, 6) is -0.273. The first-order valence-electron chi connectivity index (χ1n) is 6.93. The maximum absolute atomic E-state index is 12.4. The van der Waals surface area contributed by atoms with Gasteiger partial charge < -0.3 is 9.88 Å². The maximum atomic E-state index is 12.4. The monoisotopic (exact) mass is 345 g/mol. The van der Waals surface area contributed by atoms with Crippen molar-refractivity contribution in [1.29, 1.82) is 0 Å². The molecule has 1 heterocycles. The van der Waals surface area contributed by atoms with Gasteiger partial charge in [0.1, 0.15) is 0 Å². The number of rotatable bonds is 4. The fraction of sp³-hybridized carbons (Fsp3) is 0.0588. The summed E-state index contributed by atoms with van der Waals surface area (Å²) in [6, 6.07) is 12.4. The highest BCUT2D eigenvalue weighted by atomic mass is 35.5. The second kappa shape index (κ2) is 6.86. The van der Waals surface area contributed by atoms with Crippen LogP contribution in [0.2, 0.25) is 10.0 Å². The Morgan fingerprint density at radius 1 is 1.17 bits per heavy atom. The van der Waals surface area contributed by atoms with Crippen LogP contribution in [-0.2, 0) is 6.54 Å². The minimum absolute atomic E-state index is 0.273. The topological polar surface area (TPSA) is 46.9 Å². The Kier molecular flexibility index (Phi) is 4.65. The molecule has 116 valence electrons. The minimum Gasteiger partial charge on any atom is -0.333 e. The van der Waals surface area contributed by atoms with Gasteiger partial charge in [-0.1, -0.05) is 41.4 Å². The smallest absolute Gasteiger partial charge is 0.257 e. The van der Waals surface area contributed by atoms with Gasteiger partial charge >= 0.3 is 0 Å². The highest BCUT2D eigenvalue weighted by Crippen LogP contribution is 2.23. The average molecular weight is 346 g/mol. The van der Waals surface area contributed by atoms with Crippen molar-refractivity contribution in [2.45, 2.75) is 6.54 Å². The van der Waals surface area contributed by atoms with Crippen LogP contribution in [0.4, 0.5) is 5.69 Å². The Morgan fingerprint density at radius 3 is 2.74 bits per heavy atom. The highest BCUT2D eigenvalue weighted by Gasteiger charge is 2.13.